The maximum absolute atomic E-state index is 14.9. The highest BCUT2D eigenvalue weighted by molar-refractivity contribution is 7.90. The van der Waals surface area contributed by atoms with E-state index < -0.39 is 34.6 Å². The summed E-state index contributed by atoms with van der Waals surface area (Å²) in [5.41, 5.74) is 0.508. The predicted octanol–water partition coefficient (Wildman–Crippen LogP) is 4.19. The van der Waals surface area contributed by atoms with Crippen LogP contribution in [0.25, 0.3) is 11.3 Å². The van der Waals surface area contributed by atoms with Crippen molar-refractivity contribution >= 4 is 10.0 Å². The topological polar surface area (TPSA) is 81.4 Å². The van der Waals surface area contributed by atoms with E-state index in [1.165, 1.54) is 24.5 Å². The fraction of sp³-hybridized carbons (Fsp3) is 0.250. The van der Waals surface area contributed by atoms with Crippen molar-refractivity contribution in [1.82, 2.24) is 8.96 Å². The number of nitrogens with zero attached hydrogens (tertiary/aromatic N) is 2. The van der Waals surface area contributed by atoms with Gasteiger partial charge in [0.2, 0.25) is 0 Å². The zero-order chi connectivity index (χ0) is 22.4. The molecule has 0 amide bonds. The van der Waals surface area contributed by atoms with Crippen molar-refractivity contribution in [2.45, 2.75) is 36.6 Å². The molecule has 6 nitrogen and oxygen atoms in total. The third kappa shape index (κ3) is 4.15. The minimum Gasteiger partial charge on any atom is -0.406 e. The number of pyridine rings is 1. The van der Waals surface area contributed by atoms with Crippen LogP contribution in [0.15, 0.2) is 53.8 Å². The molecule has 0 aliphatic heterocycles. The summed E-state index contributed by atoms with van der Waals surface area (Å²) in [5, 5.41) is 9.80. The Morgan fingerprint density at radius 2 is 1.97 bits per heavy atom. The van der Waals surface area contributed by atoms with Gasteiger partial charge in [0.15, 0.2) is 0 Å². The molecule has 0 atom stereocenters. The number of halogens is 4. The normalized spacial score (nSPS) is 14.6. The summed E-state index contributed by atoms with van der Waals surface area (Å²) in [5.74, 6) is -1.95. The van der Waals surface area contributed by atoms with Gasteiger partial charge in [0.1, 0.15) is 16.5 Å². The lowest BCUT2D eigenvalue weighted by molar-refractivity contribution is -0.274. The molecule has 11 heteroatoms. The van der Waals surface area contributed by atoms with Gasteiger partial charge in [-0.15, -0.1) is 13.2 Å². The van der Waals surface area contributed by atoms with Gasteiger partial charge in [0.25, 0.3) is 10.0 Å². The average molecular weight is 456 g/mol. The van der Waals surface area contributed by atoms with Crippen molar-refractivity contribution in [3.8, 4) is 17.0 Å². The molecule has 0 spiro atoms. The van der Waals surface area contributed by atoms with Gasteiger partial charge in [-0.2, -0.15) is 0 Å². The summed E-state index contributed by atoms with van der Waals surface area (Å²) >= 11 is 0. The van der Waals surface area contributed by atoms with Crippen LogP contribution in [0.4, 0.5) is 17.6 Å². The Labute approximate surface area is 174 Å². The first kappa shape index (κ1) is 21.3. The molecule has 164 valence electrons. The van der Waals surface area contributed by atoms with Crippen LogP contribution >= 0.6 is 0 Å². The number of hydrogen-bond acceptors (Lipinski definition) is 5. The number of aromatic nitrogens is 2. The maximum atomic E-state index is 14.9. The summed E-state index contributed by atoms with van der Waals surface area (Å²) in [7, 11) is -4.23. The number of alkyl halides is 3. The SMILES string of the molecule is O=S(=O)(c1cccnc1)n1cc(CO)c(C2CC2)c1-c1ccc(OC(F)(F)F)cc1F. The van der Waals surface area contributed by atoms with E-state index >= 15 is 0 Å². The molecule has 4 rings (SSSR count). The second-order valence-electron chi connectivity index (χ2n) is 7.03. The fourth-order valence-corrected chi connectivity index (χ4v) is 4.83. The summed E-state index contributed by atoms with van der Waals surface area (Å²) < 4.78 is 83.5. The van der Waals surface area contributed by atoms with Gasteiger partial charge >= 0.3 is 6.36 Å². The van der Waals surface area contributed by atoms with Crippen LogP contribution in [0.1, 0.15) is 29.9 Å². The molecule has 2 aromatic heterocycles. The van der Waals surface area contributed by atoms with Crippen molar-refractivity contribution in [2.24, 2.45) is 0 Å². The molecular formula is C20H16F4N2O4S. The minimum absolute atomic E-state index is 0.0357. The monoisotopic (exact) mass is 456 g/mol. The summed E-state index contributed by atoms with van der Waals surface area (Å²) in [6.07, 6.45) is 0.169. The molecule has 1 fully saturated rings. The number of ether oxygens (including phenoxy) is 1. The highest BCUT2D eigenvalue weighted by Gasteiger charge is 2.36. The molecule has 2 heterocycles. The lowest BCUT2D eigenvalue weighted by Crippen LogP contribution is -2.17. The molecule has 31 heavy (non-hydrogen) atoms. The smallest absolute Gasteiger partial charge is 0.406 e. The van der Waals surface area contributed by atoms with Crippen LogP contribution in [0.3, 0.4) is 0 Å². The second-order valence-corrected chi connectivity index (χ2v) is 8.84. The Hall–Kier alpha value is -2.92. The highest BCUT2D eigenvalue weighted by Crippen LogP contribution is 2.48. The second kappa shape index (κ2) is 7.65. The zero-order valence-corrected chi connectivity index (χ0v) is 16.6. The van der Waals surface area contributed by atoms with Crippen LogP contribution in [-0.2, 0) is 16.6 Å². The van der Waals surface area contributed by atoms with Crippen molar-refractivity contribution in [2.75, 3.05) is 0 Å². The summed E-state index contributed by atoms with van der Waals surface area (Å²) in [4.78, 5) is 3.64. The number of aliphatic hydroxyl groups is 1. The molecule has 1 aliphatic carbocycles. The minimum atomic E-state index is -5.00. The Balaban J connectivity index is 1.93. The van der Waals surface area contributed by atoms with Crippen molar-refractivity contribution in [3.63, 3.8) is 0 Å². The van der Waals surface area contributed by atoms with Gasteiger partial charge in [-0.3, -0.25) is 4.98 Å². The quantitative estimate of drug-likeness (QED) is 0.563. The fourth-order valence-electron chi connectivity index (χ4n) is 3.45. The molecule has 1 aliphatic rings. The Morgan fingerprint density at radius 1 is 1.23 bits per heavy atom. The third-order valence-electron chi connectivity index (χ3n) is 4.87. The van der Waals surface area contributed by atoms with Crippen LogP contribution in [-0.4, -0.2) is 28.8 Å². The molecule has 0 saturated heterocycles. The van der Waals surface area contributed by atoms with Crippen LogP contribution in [0.2, 0.25) is 0 Å². The van der Waals surface area contributed by atoms with Crippen molar-refractivity contribution < 1.29 is 35.8 Å². The van der Waals surface area contributed by atoms with E-state index in [9.17, 15) is 31.1 Å². The molecular weight excluding hydrogens is 440 g/mol. The molecule has 1 N–H and O–H groups in total. The van der Waals surface area contributed by atoms with Gasteiger partial charge in [0.05, 0.1) is 12.3 Å². The highest BCUT2D eigenvalue weighted by atomic mass is 32.2. The molecule has 0 radical (unpaired) electrons. The lowest BCUT2D eigenvalue weighted by Gasteiger charge is -2.15. The molecule has 1 aromatic carbocycles. The number of aliphatic hydroxyl groups excluding tert-OH is 1. The van der Waals surface area contributed by atoms with E-state index in [1.54, 1.807) is 0 Å². The average Bonchev–Trinajstić information content (AvgIpc) is 3.47. The molecule has 3 aromatic rings. The van der Waals surface area contributed by atoms with E-state index in [-0.39, 0.29) is 22.1 Å². The summed E-state index contributed by atoms with van der Waals surface area (Å²) in [6, 6.07) is 5.24. The number of benzene rings is 1. The van der Waals surface area contributed by atoms with Crippen LogP contribution in [0, 0.1) is 5.82 Å². The standard InChI is InChI=1S/C20H16F4N2O4S/c21-17-8-14(30-20(22,23)24)5-6-16(17)19-18(12-3-4-12)13(11-27)10-26(19)31(28,29)15-2-1-7-25-9-15/h1-2,5-10,12,27H,3-4,11H2. The number of rotatable bonds is 6. The van der Waals surface area contributed by atoms with E-state index in [0.717, 1.165) is 22.3 Å². The van der Waals surface area contributed by atoms with E-state index in [1.807, 2.05) is 0 Å². The van der Waals surface area contributed by atoms with Gasteiger partial charge in [-0.05, 0) is 48.6 Å². The lowest BCUT2D eigenvalue weighted by atomic mass is 10.0. The van der Waals surface area contributed by atoms with Gasteiger partial charge in [-0.25, -0.2) is 16.8 Å². The van der Waals surface area contributed by atoms with Crippen LogP contribution < -0.4 is 4.74 Å². The summed E-state index contributed by atoms with van der Waals surface area (Å²) in [6.45, 7) is -0.481. The first-order valence-corrected chi connectivity index (χ1v) is 10.6. The third-order valence-corrected chi connectivity index (χ3v) is 6.51. The van der Waals surface area contributed by atoms with E-state index in [0.29, 0.717) is 30.0 Å². The van der Waals surface area contributed by atoms with Crippen LogP contribution in [0.5, 0.6) is 5.75 Å². The van der Waals surface area contributed by atoms with Gasteiger partial charge in [-0.1, -0.05) is 0 Å². The first-order valence-electron chi connectivity index (χ1n) is 9.18. The molecule has 1 saturated carbocycles. The van der Waals surface area contributed by atoms with Gasteiger partial charge in [0, 0.05) is 35.8 Å². The maximum Gasteiger partial charge on any atom is 0.573 e. The van der Waals surface area contributed by atoms with Crippen molar-refractivity contribution in [1.29, 1.82) is 0 Å². The molecule has 0 unspecified atom stereocenters. The largest absolute Gasteiger partial charge is 0.573 e. The zero-order valence-electron chi connectivity index (χ0n) is 15.8. The van der Waals surface area contributed by atoms with E-state index in [4.69, 9.17) is 0 Å². The number of hydrogen-bond donors (Lipinski definition) is 1. The predicted molar refractivity (Wildman–Crippen MR) is 101 cm³/mol. The Morgan fingerprint density at radius 3 is 2.52 bits per heavy atom. The van der Waals surface area contributed by atoms with E-state index in [2.05, 4.69) is 9.72 Å². The van der Waals surface area contributed by atoms with Gasteiger partial charge < -0.3 is 9.84 Å². The first-order chi connectivity index (χ1) is 14.6. The Kier molecular flexibility index (Phi) is 5.26. The Bertz CT molecular complexity index is 1220. The molecule has 0 bridgehead atoms. The van der Waals surface area contributed by atoms with Crippen molar-refractivity contribution in [3.05, 3.63) is 65.9 Å².